The Bertz CT molecular complexity index is 44.3. The average molecular weight is 209 g/mol. The van der Waals surface area contributed by atoms with E-state index in [0.717, 1.165) is 6.41 Å². The van der Waals surface area contributed by atoms with Crippen LogP contribution in [0.5, 0.6) is 0 Å². The number of carbonyl (C=O) groups excluding carboxylic acids is 1. The topological polar surface area (TPSA) is 20.3 Å². The van der Waals surface area contributed by atoms with Crippen molar-refractivity contribution in [1.29, 1.82) is 0 Å². The first-order valence-corrected chi connectivity index (χ1v) is 1.39. The molecule has 0 N–H and O–H groups in total. The molecule has 0 unspecified atom stereocenters. The van der Waals surface area contributed by atoms with Gasteiger partial charge in [0.05, 0.1) is 0 Å². The zero-order chi connectivity index (χ0) is 4.28. The quantitative estimate of drug-likeness (QED) is 0.311. The van der Waals surface area contributed by atoms with E-state index in [2.05, 4.69) is 0 Å². The molecule has 0 spiro atoms. The Morgan fingerprint density at radius 3 is 1.38 bits per heavy atom. The number of hydrogen-bond acceptors (Lipinski definition) is 1. The van der Waals surface area contributed by atoms with E-state index in [1.54, 1.807) is 14.1 Å². The van der Waals surface area contributed by atoms with E-state index in [4.69, 9.17) is 0 Å². The van der Waals surface area contributed by atoms with Crippen LogP contribution in [0.4, 0.5) is 0 Å². The number of hydrogen-bond donors (Lipinski definition) is 0. The third-order valence-corrected chi connectivity index (χ3v) is 0.211. The normalized spacial score (nSPS) is 4.25. The first-order chi connectivity index (χ1) is 2.27. The van der Waals surface area contributed by atoms with E-state index in [1.807, 2.05) is 0 Å². The van der Waals surface area contributed by atoms with Crippen LogP contribution in [0.2, 0.25) is 0 Å². The fourth-order valence-electron chi connectivity index (χ4n) is 0. The molecule has 0 aromatic rings. The molecule has 1 amide bonds. The van der Waals surface area contributed by atoms with E-state index in [-0.39, 0.29) is 44.3 Å². The molecular formula is C3H7Cl2NOZn. The molecule has 0 radical (unpaired) electrons. The van der Waals surface area contributed by atoms with Gasteiger partial charge < -0.3 is 29.7 Å². The van der Waals surface area contributed by atoms with Crippen molar-refractivity contribution in [3.05, 3.63) is 0 Å². The van der Waals surface area contributed by atoms with Crippen molar-refractivity contribution in [2.75, 3.05) is 14.1 Å². The predicted molar refractivity (Wildman–Crippen MR) is 19.8 cm³/mol. The SMILES string of the molecule is CN(C)C=O.[Cl-].[Cl-].[Zn+2]. The van der Waals surface area contributed by atoms with Gasteiger partial charge in [0.15, 0.2) is 0 Å². The van der Waals surface area contributed by atoms with E-state index >= 15 is 0 Å². The van der Waals surface area contributed by atoms with E-state index in [1.165, 1.54) is 4.90 Å². The van der Waals surface area contributed by atoms with Gasteiger partial charge in [-0.05, 0) is 0 Å². The number of carbonyl (C=O) groups is 1. The second kappa shape index (κ2) is 15.6. The van der Waals surface area contributed by atoms with Crippen molar-refractivity contribution < 1.29 is 49.1 Å². The predicted octanol–water partition coefficient (Wildman–Crippen LogP) is -6.29. The first kappa shape index (κ1) is 23.4. The van der Waals surface area contributed by atoms with Gasteiger partial charge in [0, 0.05) is 14.1 Å². The van der Waals surface area contributed by atoms with Gasteiger partial charge >= 0.3 is 19.5 Å². The largest absolute Gasteiger partial charge is 2.00 e. The minimum atomic E-state index is 0. The minimum Gasteiger partial charge on any atom is -1.00 e. The van der Waals surface area contributed by atoms with Gasteiger partial charge in [-0.1, -0.05) is 0 Å². The van der Waals surface area contributed by atoms with Crippen molar-refractivity contribution in [3.63, 3.8) is 0 Å². The van der Waals surface area contributed by atoms with Crippen molar-refractivity contribution in [2.45, 2.75) is 0 Å². The first-order valence-electron chi connectivity index (χ1n) is 1.39. The van der Waals surface area contributed by atoms with Gasteiger partial charge in [0.25, 0.3) is 0 Å². The maximum absolute atomic E-state index is 9.43. The third kappa shape index (κ3) is 30.1. The smallest absolute Gasteiger partial charge is 1.00 e. The fraction of sp³-hybridized carbons (Fsp3) is 0.667. The van der Waals surface area contributed by atoms with Crippen LogP contribution in [-0.4, -0.2) is 25.4 Å². The van der Waals surface area contributed by atoms with Crippen LogP contribution in [0.3, 0.4) is 0 Å². The van der Waals surface area contributed by atoms with E-state index < -0.39 is 0 Å². The van der Waals surface area contributed by atoms with Crippen LogP contribution in [0.25, 0.3) is 0 Å². The van der Waals surface area contributed by atoms with Gasteiger partial charge in [0.1, 0.15) is 0 Å². The zero-order valence-corrected chi connectivity index (χ0v) is 9.37. The molecule has 0 aliphatic heterocycles. The number of nitrogens with zero attached hydrogens (tertiary/aromatic N) is 1. The maximum atomic E-state index is 9.43. The van der Waals surface area contributed by atoms with Gasteiger partial charge in [-0.2, -0.15) is 0 Å². The Morgan fingerprint density at radius 2 is 1.38 bits per heavy atom. The number of halogens is 2. The summed E-state index contributed by atoms with van der Waals surface area (Å²) in [5.74, 6) is 0. The monoisotopic (exact) mass is 207 g/mol. The number of amides is 1. The molecular weight excluding hydrogens is 202 g/mol. The Kier molecular flexibility index (Phi) is 45.7. The third-order valence-electron chi connectivity index (χ3n) is 0.211. The molecule has 0 fully saturated rings. The Hall–Kier alpha value is 0.673. The summed E-state index contributed by atoms with van der Waals surface area (Å²) in [6, 6.07) is 0. The molecule has 0 rings (SSSR count). The molecule has 0 saturated carbocycles. The van der Waals surface area contributed by atoms with Crippen LogP contribution >= 0.6 is 0 Å². The second-order valence-corrected chi connectivity index (χ2v) is 1.07. The zero-order valence-electron chi connectivity index (χ0n) is 4.90. The molecule has 46 valence electrons. The van der Waals surface area contributed by atoms with Crippen LogP contribution in [0.1, 0.15) is 0 Å². The van der Waals surface area contributed by atoms with Crippen LogP contribution in [0, 0.1) is 0 Å². The Morgan fingerprint density at radius 1 is 1.25 bits per heavy atom. The molecule has 5 heteroatoms. The molecule has 0 aliphatic rings. The van der Waals surface area contributed by atoms with Crippen LogP contribution in [-0.2, 0) is 24.3 Å². The molecule has 8 heavy (non-hydrogen) atoms. The minimum absolute atomic E-state index is 0. The Balaban J connectivity index is -0.0000000267. The Labute approximate surface area is 74.6 Å². The summed E-state index contributed by atoms with van der Waals surface area (Å²) >= 11 is 0. The molecule has 0 heterocycles. The summed E-state index contributed by atoms with van der Waals surface area (Å²) < 4.78 is 0. The molecule has 0 aromatic carbocycles. The molecule has 0 bridgehead atoms. The second-order valence-electron chi connectivity index (χ2n) is 1.07. The molecule has 0 atom stereocenters. The maximum Gasteiger partial charge on any atom is 2.00 e. The summed E-state index contributed by atoms with van der Waals surface area (Å²) in [7, 11) is 3.38. The summed E-state index contributed by atoms with van der Waals surface area (Å²) in [5.41, 5.74) is 0. The average Bonchev–Trinajstić information content (AvgIpc) is 1.38. The standard InChI is InChI=1S/C3H7NO.2ClH.Zn/c1-4(2)3-5;;;/h3H,1-2H3;2*1H;/q;;;+2/p-2. The van der Waals surface area contributed by atoms with Crippen molar-refractivity contribution in [3.8, 4) is 0 Å². The van der Waals surface area contributed by atoms with Crippen molar-refractivity contribution in [2.24, 2.45) is 0 Å². The number of rotatable bonds is 1. The van der Waals surface area contributed by atoms with Gasteiger partial charge in [-0.3, -0.25) is 4.79 Å². The summed E-state index contributed by atoms with van der Waals surface area (Å²) in [5, 5.41) is 0. The van der Waals surface area contributed by atoms with E-state index in [9.17, 15) is 4.79 Å². The molecule has 0 aromatic heterocycles. The van der Waals surface area contributed by atoms with Crippen LogP contribution < -0.4 is 24.8 Å². The van der Waals surface area contributed by atoms with Crippen molar-refractivity contribution >= 4 is 6.41 Å². The van der Waals surface area contributed by atoms with Gasteiger partial charge in [-0.15, -0.1) is 0 Å². The van der Waals surface area contributed by atoms with E-state index in [0.29, 0.717) is 0 Å². The molecule has 0 saturated heterocycles. The van der Waals surface area contributed by atoms with Gasteiger partial charge in [-0.25, -0.2) is 0 Å². The summed E-state index contributed by atoms with van der Waals surface area (Å²) in [6.07, 6.45) is 0.750. The molecule has 2 nitrogen and oxygen atoms in total. The van der Waals surface area contributed by atoms with Crippen molar-refractivity contribution in [1.82, 2.24) is 4.90 Å². The molecule has 0 aliphatic carbocycles. The summed E-state index contributed by atoms with van der Waals surface area (Å²) in [6.45, 7) is 0. The van der Waals surface area contributed by atoms with Gasteiger partial charge in [0.2, 0.25) is 6.41 Å². The fourth-order valence-corrected chi connectivity index (χ4v) is 0. The van der Waals surface area contributed by atoms with Crippen LogP contribution in [0.15, 0.2) is 0 Å². The summed E-state index contributed by atoms with van der Waals surface area (Å²) in [4.78, 5) is 10.9.